The van der Waals surface area contributed by atoms with Gasteiger partial charge in [0.2, 0.25) is 0 Å². The number of carbonyl (C=O) groups excluding carboxylic acids is 1. The molecule has 2 amide bonds. The van der Waals surface area contributed by atoms with E-state index >= 15 is 0 Å². The summed E-state index contributed by atoms with van der Waals surface area (Å²) in [6, 6.07) is 10.7. The standard InChI is InChI=1S/C20H28N4OS/c1-23(14-18-15-26-16-22-18)20(25)21-13-19(17-9-5-4-6-10-17)24-11-7-2-3-8-12-24/h4-6,9-10,15-16,19H,2-3,7-8,11-14H2,1H3,(H,21,25)/t19-/m1/s1. The monoisotopic (exact) mass is 372 g/mol. The zero-order valence-electron chi connectivity index (χ0n) is 15.4. The number of aromatic nitrogens is 1. The van der Waals surface area contributed by atoms with Crippen molar-refractivity contribution in [1.29, 1.82) is 0 Å². The first-order chi connectivity index (χ1) is 12.7. The molecule has 1 saturated heterocycles. The van der Waals surface area contributed by atoms with Crippen molar-refractivity contribution in [2.75, 3.05) is 26.7 Å². The Morgan fingerprint density at radius 1 is 1.23 bits per heavy atom. The Kier molecular flexibility index (Phi) is 7.03. The molecule has 1 aliphatic heterocycles. The van der Waals surface area contributed by atoms with Crippen LogP contribution in [0.25, 0.3) is 0 Å². The molecule has 140 valence electrons. The summed E-state index contributed by atoms with van der Waals surface area (Å²) < 4.78 is 0. The fourth-order valence-electron chi connectivity index (χ4n) is 3.49. The topological polar surface area (TPSA) is 48.5 Å². The van der Waals surface area contributed by atoms with Crippen molar-refractivity contribution in [3.63, 3.8) is 0 Å². The minimum Gasteiger partial charge on any atom is -0.336 e. The van der Waals surface area contributed by atoms with Gasteiger partial charge in [-0.15, -0.1) is 11.3 Å². The van der Waals surface area contributed by atoms with Gasteiger partial charge in [0.05, 0.1) is 23.8 Å². The number of thiazole rings is 1. The minimum atomic E-state index is -0.0475. The Bertz CT molecular complexity index is 654. The molecular formula is C20H28N4OS. The first kappa shape index (κ1) is 18.9. The minimum absolute atomic E-state index is 0.0475. The summed E-state index contributed by atoms with van der Waals surface area (Å²) in [6.45, 7) is 3.37. The Morgan fingerprint density at radius 2 is 1.96 bits per heavy atom. The molecule has 1 aromatic carbocycles. The highest BCUT2D eigenvalue weighted by Gasteiger charge is 2.22. The summed E-state index contributed by atoms with van der Waals surface area (Å²) in [4.78, 5) is 21.0. The summed E-state index contributed by atoms with van der Waals surface area (Å²) >= 11 is 1.55. The zero-order valence-corrected chi connectivity index (χ0v) is 16.3. The maximum Gasteiger partial charge on any atom is 0.317 e. The van der Waals surface area contributed by atoms with Crippen molar-refractivity contribution < 1.29 is 4.79 Å². The second-order valence-corrected chi connectivity index (χ2v) is 7.62. The number of benzene rings is 1. The van der Waals surface area contributed by atoms with Crippen molar-refractivity contribution in [3.8, 4) is 0 Å². The fraction of sp³-hybridized carbons (Fsp3) is 0.500. The van der Waals surface area contributed by atoms with Crippen LogP contribution >= 0.6 is 11.3 Å². The molecular weight excluding hydrogens is 344 g/mol. The molecule has 1 aromatic heterocycles. The zero-order chi connectivity index (χ0) is 18.2. The number of hydrogen-bond donors (Lipinski definition) is 1. The van der Waals surface area contributed by atoms with Gasteiger partial charge in [-0.3, -0.25) is 4.90 Å². The second kappa shape index (κ2) is 9.69. The van der Waals surface area contributed by atoms with Gasteiger partial charge in [0.15, 0.2) is 0 Å². The molecule has 0 bridgehead atoms. The van der Waals surface area contributed by atoms with Gasteiger partial charge in [-0.1, -0.05) is 43.2 Å². The number of nitrogens with zero attached hydrogens (tertiary/aromatic N) is 3. The largest absolute Gasteiger partial charge is 0.336 e. The van der Waals surface area contributed by atoms with Crippen LogP contribution in [-0.2, 0) is 6.54 Å². The Morgan fingerprint density at radius 3 is 2.62 bits per heavy atom. The third kappa shape index (κ3) is 5.29. The van der Waals surface area contributed by atoms with Gasteiger partial charge in [-0.2, -0.15) is 0 Å². The average molecular weight is 373 g/mol. The SMILES string of the molecule is CN(Cc1cscn1)C(=O)NC[C@H](c1ccccc1)N1CCCCCC1. The van der Waals surface area contributed by atoms with Crippen LogP contribution in [-0.4, -0.2) is 47.5 Å². The lowest BCUT2D eigenvalue weighted by Gasteiger charge is -2.32. The molecule has 2 aromatic rings. The summed E-state index contributed by atoms with van der Waals surface area (Å²) in [6.07, 6.45) is 5.09. The summed E-state index contributed by atoms with van der Waals surface area (Å²) in [5, 5.41) is 5.11. The number of nitrogens with one attached hydrogen (secondary N) is 1. The normalized spacial score (nSPS) is 16.7. The molecule has 6 heteroatoms. The van der Waals surface area contributed by atoms with Crippen LogP contribution in [0.1, 0.15) is 43.0 Å². The third-order valence-corrected chi connectivity index (χ3v) is 5.58. The van der Waals surface area contributed by atoms with E-state index in [1.165, 1.54) is 31.2 Å². The predicted molar refractivity (Wildman–Crippen MR) is 106 cm³/mol. The van der Waals surface area contributed by atoms with Gasteiger partial charge in [0.1, 0.15) is 0 Å². The molecule has 0 radical (unpaired) electrons. The molecule has 5 nitrogen and oxygen atoms in total. The van der Waals surface area contributed by atoms with Crippen molar-refractivity contribution in [2.24, 2.45) is 0 Å². The predicted octanol–water partition coefficient (Wildman–Crippen LogP) is 3.90. The van der Waals surface area contributed by atoms with Gasteiger partial charge < -0.3 is 10.2 Å². The molecule has 1 N–H and O–H groups in total. The van der Waals surface area contributed by atoms with E-state index in [9.17, 15) is 4.79 Å². The van der Waals surface area contributed by atoms with E-state index in [0.29, 0.717) is 13.1 Å². The van der Waals surface area contributed by atoms with Crippen LogP contribution in [0.2, 0.25) is 0 Å². The van der Waals surface area contributed by atoms with Crippen LogP contribution < -0.4 is 5.32 Å². The smallest absolute Gasteiger partial charge is 0.317 e. The fourth-order valence-corrected chi connectivity index (χ4v) is 4.04. The summed E-state index contributed by atoms with van der Waals surface area (Å²) in [5.41, 5.74) is 4.00. The molecule has 2 heterocycles. The van der Waals surface area contributed by atoms with Gasteiger partial charge >= 0.3 is 6.03 Å². The van der Waals surface area contributed by atoms with E-state index in [1.54, 1.807) is 21.7 Å². The van der Waals surface area contributed by atoms with Crippen molar-refractivity contribution in [3.05, 3.63) is 52.5 Å². The second-order valence-electron chi connectivity index (χ2n) is 6.90. The van der Waals surface area contributed by atoms with E-state index in [0.717, 1.165) is 18.8 Å². The molecule has 0 spiro atoms. The Hall–Kier alpha value is -1.92. The molecule has 26 heavy (non-hydrogen) atoms. The van der Waals surface area contributed by atoms with Crippen molar-refractivity contribution in [2.45, 2.75) is 38.3 Å². The van der Waals surface area contributed by atoms with E-state index in [1.807, 2.05) is 18.5 Å². The molecule has 0 unspecified atom stereocenters. The number of likely N-dealkylation sites (tertiary alicyclic amines) is 1. The highest BCUT2D eigenvalue weighted by Crippen LogP contribution is 2.23. The molecule has 1 fully saturated rings. The van der Waals surface area contributed by atoms with Gasteiger partial charge in [-0.25, -0.2) is 9.78 Å². The number of hydrogen-bond acceptors (Lipinski definition) is 4. The van der Waals surface area contributed by atoms with Crippen LogP contribution in [0.4, 0.5) is 4.79 Å². The molecule has 1 atom stereocenters. The van der Waals surface area contributed by atoms with Crippen LogP contribution in [0, 0.1) is 0 Å². The summed E-state index contributed by atoms with van der Waals surface area (Å²) in [7, 11) is 1.82. The molecule has 1 aliphatic rings. The van der Waals surface area contributed by atoms with Crippen LogP contribution in [0.3, 0.4) is 0 Å². The van der Waals surface area contributed by atoms with Crippen LogP contribution in [0.15, 0.2) is 41.2 Å². The highest BCUT2D eigenvalue weighted by atomic mass is 32.1. The van der Waals surface area contributed by atoms with E-state index in [4.69, 9.17) is 0 Å². The number of urea groups is 1. The van der Waals surface area contributed by atoms with E-state index < -0.39 is 0 Å². The first-order valence-corrected chi connectivity index (χ1v) is 10.3. The van der Waals surface area contributed by atoms with E-state index in [2.05, 4.69) is 39.5 Å². The maximum absolute atomic E-state index is 12.5. The van der Waals surface area contributed by atoms with Gasteiger partial charge in [-0.05, 0) is 31.5 Å². The lowest BCUT2D eigenvalue weighted by atomic mass is 10.0. The summed E-state index contributed by atoms with van der Waals surface area (Å²) in [5.74, 6) is 0. The van der Waals surface area contributed by atoms with E-state index in [-0.39, 0.29) is 12.1 Å². The highest BCUT2D eigenvalue weighted by molar-refractivity contribution is 7.07. The van der Waals surface area contributed by atoms with Gasteiger partial charge in [0.25, 0.3) is 0 Å². The maximum atomic E-state index is 12.5. The number of rotatable bonds is 6. The lowest BCUT2D eigenvalue weighted by molar-refractivity contribution is 0.183. The van der Waals surface area contributed by atoms with Gasteiger partial charge in [0, 0.05) is 19.0 Å². The molecule has 0 saturated carbocycles. The molecule has 0 aliphatic carbocycles. The third-order valence-electron chi connectivity index (χ3n) is 4.94. The Labute approximate surface area is 160 Å². The quantitative estimate of drug-likeness (QED) is 0.836. The van der Waals surface area contributed by atoms with Crippen molar-refractivity contribution >= 4 is 17.4 Å². The van der Waals surface area contributed by atoms with Crippen molar-refractivity contribution in [1.82, 2.24) is 20.1 Å². The first-order valence-electron chi connectivity index (χ1n) is 9.39. The Balaban J connectivity index is 1.62. The van der Waals surface area contributed by atoms with Crippen LogP contribution in [0.5, 0.6) is 0 Å². The average Bonchev–Trinajstić information content (AvgIpc) is 3.03. The lowest BCUT2D eigenvalue weighted by Crippen LogP contribution is -2.43. The number of amides is 2. The molecule has 3 rings (SSSR count). The number of carbonyl (C=O) groups is 1.